The zero-order valence-electron chi connectivity index (χ0n) is 20.6. The van der Waals surface area contributed by atoms with Crippen LogP contribution in [0.25, 0.3) is 10.8 Å². The van der Waals surface area contributed by atoms with Crippen LogP contribution in [0, 0.1) is 6.92 Å². The van der Waals surface area contributed by atoms with Crippen molar-refractivity contribution >= 4 is 22.5 Å². The van der Waals surface area contributed by atoms with Crippen molar-refractivity contribution in [1.82, 2.24) is 14.9 Å². The SMILES string of the molecule is CCc1nc(C)nc(N2CCCN(C(=O)c3ccc4ccccc4c3)CC2)c1Cc1ccccc1. The lowest BCUT2D eigenvalue weighted by Crippen LogP contribution is -2.35. The van der Waals surface area contributed by atoms with Gasteiger partial charge in [0.25, 0.3) is 5.91 Å². The smallest absolute Gasteiger partial charge is 0.253 e. The fourth-order valence-corrected chi connectivity index (χ4v) is 5.01. The molecule has 1 aliphatic heterocycles. The summed E-state index contributed by atoms with van der Waals surface area (Å²) in [5, 5.41) is 2.26. The zero-order chi connectivity index (χ0) is 24.2. The minimum atomic E-state index is 0.107. The maximum absolute atomic E-state index is 13.4. The van der Waals surface area contributed by atoms with E-state index in [2.05, 4.69) is 48.2 Å². The third-order valence-corrected chi connectivity index (χ3v) is 6.82. The largest absolute Gasteiger partial charge is 0.354 e. The highest BCUT2D eigenvalue weighted by Gasteiger charge is 2.24. The van der Waals surface area contributed by atoms with Gasteiger partial charge in [0, 0.05) is 49.4 Å². The predicted octanol–water partition coefficient (Wildman–Crippen LogP) is 5.44. The second kappa shape index (κ2) is 10.3. The summed E-state index contributed by atoms with van der Waals surface area (Å²) in [6.07, 6.45) is 2.60. The van der Waals surface area contributed by atoms with Gasteiger partial charge in [-0.3, -0.25) is 4.79 Å². The first-order chi connectivity index (χ1) is 17.1. The van der Waals surface area contributed by atoms with Gasteiger partial charge < -0.3 is 9.80 Å². The number of carbonyl (C=O) groups excluding carboxylic acids is 1. The van der Waals surface area contributed by atoms with Crippen molar-refractivity contribution < 1.29 is 4.79 Å². The normalized spacial score (nSPS) is 14.2. The molecule has 35 heavy (non-hydrogen) atoms. The number of benzene rings is 3. The Balaban J connectivity index is 1.38. The minimum Gasteiger partial charge on any atom is -0.354 e. The molecular weight excluding hydrogens is 432 g/mol. The molecule has 0 radical (unpaired) electrons. The van der Waals surface area contributed by atoms with Gasteiger partial charge in [0.1, 0.15) is 11.6 Å². The molecule has 0 N–H and O–H groups in total. The molecule has 0 aliphatic carbocycles. The first-order valence-electron chi connectivity index (χ1n) is 12.6. The van der Waals surface area contributed by atoms with Crippen molar-refractivity contribution in [3.8, 4) is 0 Å². The number of fused-ring (bicyclic) bond motifs is 1. The number of amides is 1. The fraction of sp³-hybridized carbons (Fsp3) is 0.300. The van der Waals surface area contributed by atoms with Crippen molar-refractivity contribution in [2.24, 2.45) is 0 Å². The van der Waals surface area contributed by atoms with Gasteiger partial charge in [0.15, 0.2) is 0 Å². The first-order valence-corrected chi connectivity index (χ1v) is 12.6. The van der Waals surface area contributed by atoms with Gasteiger partial charge in [-0.1, -0.05) is 67.6 Å². The maximum atomic E-state index is 13.4. The number of aromatic nitrogens is 2. The Morgan fingerprint density at radius 1 is 0.857 bits per heavy atom. The van der Waals surface area contributed by atoms with E-state index >= 15 is 0 Å². The summed E-state index contributed by atoms with van der Waals surface area (Å²) in [4.78, 5) is 27.4. The van der Waals surface area contributed by atoms with E-state index in [0.717, 1.165) is 72.6 Å². The van der Waals surface area contributed by atoms with E-state index in [4.69, 9.17) is 9.97 Å². The highest BCUT2D eigenvalue weighted by atomic mass is 16.2. The van der Waals surface area contributed by atoms with Crippen molar-refractivity contribution in [3.63, 3.8) is 0 Å². The van der Waals surface area contributed by atoms with Crippen LogP contribution in [0.4, 0.5) is 5.82 Å². The van der Waals surface area contributed by atoms with Gasteiger partial charge in [-0.15, -0.1) is 0 Å². The molecule has 0 unspecified atom stereocenters. The van der Waals surface area contributed by atoms with Crippen LogP contribution in [-0.4, -0.2) is 47.0 Å². The molecule has 1 saturated heterocycles. The van der Waals surface area contributed by atoms with Crippen LogP contribution in [0.3, 0.4) is 0 Å². The number of anilines is 1. The highest BCUT2D eigenvalue weighted by molar-refractivity contribution is 5.98. The summed E-state index contributed by atoms with van der Waals surface area (Å²) in [6, 6.07) is 24.7. The van der Waals surface area contributed by atoms with Crippen LogP contribution in [-0.2, 0) is 12.8 Å². The van der Waals surface area contributed by atoms with E-state index in [1.807, 2.05) is 48.2 Å². The molecular formula is C30H32N4O. The highest BCUT2D eigenvalue weighted by Crippen LogP contribution is 2.26. The Kier molecular flexibility index (Phi) is 6.75. The van der Waals surface area contributed by atoms with E-state index < -0.39 is 0 Å². The molecule has 5 nitrogen and oxygen atoms in total. The fourth-order valence-electron chi connectivity index (χ4n) is 5.01. The molecule has 0 bridgehead atoms. The van der Waals surface area contributed by atoms with Gasteiger partial charge in [0.2, 0.25) is 0 Å². The number of aryl methyl sites for hydroxylation is 2. The molecule has 1 aliphatic rings. The quantitative estimate of drug-likeness (QED) is 0.394. The number of hydrogen-bond acceptors (Lipinski definition) is 4. The molecule has 3 aromatic carbocycles. The van der Waals surface area contributed by atoms with E-state index in [1.54, 1.807) is 0 Å². The molecule has 5 rings (SSSR count). The van der Waals surface area contributed by atoms with Crippen LogP contribution in [0.5, 0.6) is 0 Å². The van der Waals surface area contributed by atoms with Gasteiger partial charge >= 0.3 is 0 Å². The monoisotopic (exact) mass is 464 g/mol. The van der Waals surface area contributed by atoms with E-state index in [9.17, 15) is 4.79 Å². The van der Waals surface area contributed by atoms with Crippen molar-refractivity contribution in [2.75, 3.05) is 31.1 Å². The average Bonchev–Trinajstić information content (AvgIpc) is 3.15. The molecule has 178 valence electrons. The molecule has 1 fully saturated rings. The maximum Gasteiger partial charge on any atom is 0.253 e. The molecule has 1 aromatic heterocycles. The van der Waals surface area contributed by atoms with Crippen LogP contribution >= 0.6 is 0 Å². The lowest BCUT2D eigenvalue weighted by Gasteiger charge is -2.26. The summed E-state index contributed by atoms with van der Waals surface area (Å²) in [7, 11) is 0. The topological polar surface area (TPSA) is 49.3 Å². The third kappa shape index (κ3) is 5.04. The zero-order valence-corrected chi connectivity index (χ0v) is 20.6. The Hall–Kier alpha value is -3.73. The summed E-state index contributed by atoms with van der Waals surface area (Å²) >= 11 is 0. The molecule has 4 aromatic rings. The summed E-state index contributed by atoms with van der Waals surface area (Å²) in [5.74, 6) is 1.94. The number of nitrogens with zero attached hydrogens (tertiary/aromatic N) is 4. The van der Waals surface area contributed by atoms with Crippen LogP contribution in [0.1, 0.15) is 46.3 Å². The predicted molar refractivity (Wildman–Crippen MR) is 142 cm³/mol. The average molecular weight is 465 g/mol. The van der Waals surface area contributed by atoms with E-state index in [1.165, 1.54) is 11.1 Å². The first kappa shape index (κ1) is 23.0. The third-order valence-electron chi connectivity index (χ3n) is 6.82. The number of rotatable bonds is 5. The van der Waals surface area contributed by atoms with Gasteiger partial charge in [-0.25, -0.2) is 9.97 Å². The van der Waals surface area contributed by atoms with Crippen molar-refractivity contribution in [3.05, 3.63) is 101 Å². The summed E-state index contributed by atoms with van der Waals surface area (Å²) in [5.41, 5.74) is 4.34. The van der Waals surface area contributed by atoms with E-state index in [0.29, 0.717) is 6.54 Å². The van der Waals surface area contributed by atoms with E-state index in [-0.39, 0.29) is 5.91 Å². The Bertz CT molecular complexity index is 1340. The Morgan fingerprint density at radius 2 is 1.63 bits per heavy atom. The Labute approximate surface area is 207 Å². The standard InChI is InChI=1S/C30H32N4O/c1-3-28-27(20-23-10-5-4-6-11-23)29(32-22(2)31-28)33-16-9-17-34(19-18-33)30(35)26-15-14-24-12-7-8-13-25(24)21-26/h4-8,10-15,21H,3,9,16-20H2,1-2H3. The van der Waals surface area contributed by atoms with Gasteiger partial charge in [-0.05, 0) is 48.2 Å². The number of hydrogen-bond donors (Lipinski definition) is 0. The van der Waals surface area contributed by atoms with Crippen LogP contribution < -0.4 is 4.90 Å². The van der Waals surface area contributed by atoms with Gasteiger partial charge in [0.05, 0.1) is 0 Å². The molecule has 5 heteroatoms. The molecule has 2 heterocycles. The molecule has 0 saturated carbocycles. The molecule has 1 amide bonds. The van der Waals surface area contributed by atoms with Crippen LogP contribution in [0.15, 0.2) is 72.8 Å². The van der Waals surface area contributed by atoms with Gasteiger partial charge in [-0.2, -0.15) is 0 Å². The lowest BCUT2D eigenvalue weighted by atomic mass is 10.0. The minimum absolute atomic E-state index is 0.107. The second-order valence-corrected chi connectivity index (χ2v) is 9.23. The molecule has 0 spiro atoms. The lowest BCUT2D eigenvalue weighted by molar-refractivity contribution is 0.0767. The second-order valence-electron chi connectivity index (χ2n) is 9.23. The molecule has 0 atom stereocenters. The summed E-state index contributed by atoms with van der Waals surface area (Å²) in [6.45, 7) is 7.21. The summed E-state index contributed by atoms with van der Waals surface area (Å²) < 4.78 is 0. The van der Waals surface area contributed by atoms with Crippen molar-refractivity contribution in [2.45, 2.75) is 33.1 Å². The Morgan fingerprint density at radius 3 is 2.43 bits per heavy atom. The van der Waals surface area contributed by atoms with Crippen LogP contribution in [0.2, 0.25) is 0 Å². The number of carbonyl (C=O) groups is 1. The van der Waals surface area contributed by atoms with Crippen molar-refractivity contribution in [1.29, 1.82) is 0 Å².